The summed E-state index contributed by atoms with van der Waals surface area (Å²) in [6.45, 7) is 4.72. The summed E-state index contributed by atoms with van der Waals surface area (Å²) < 4.78 is 5.45. The predicted octanol–water partition coefficient (Wildman–Crippen LogP) is 2.42. The second-order valence-electron chi connectivity index (χ2n) is 7.29. The predicted molar refractivity (Wildman–Crippen MR) is 126 cm³/mol. The average molecular weight is 473 g/mol. The number of hydrogen-bond acceptors (Lipinski definition) is 9. The second-order valence-corrected chi connectivity index (χ2v) is 9.42. The van der Waals surface area contributed by atoms with Crippen LogP contribution in [0.3, 0.4) is 0 Å². The maximum absolute atomic E-state index is 12.8. The van der Waals surface area contributed by atoms with Gasteiger partial charge in [0.1, 0.15) is 17.5 Å². The number of aryl methyl sites for hydroxylation is 1. The molecule has 10 heteroatoms. The number of hydrogen-bond donors (Lipinski definition) is 2. The molecule has 2 N–H and O–H groups in total. The highest BCUT2D eigenvalue weighted by Crippen LogP contribution is 2.30. The van der Waals surface area contributed by atoms with Crippen LogP contribution in [0.1, 0.15) is 20.4 Å². The third kappa shape index (κ3) is 5.44. The van der Waals surface area contributed by atoms with Crippen LogP contribution in [-0.2, 0) is 16.1 Å². The number of anilines is 1. The summed E-state index contributed by atoms with van der Waals surface area (Å²) in [7, 11) is 0. The Morgan fingerprint density at radius 3 is 2.81 bits per heavy atom. The molecule has 2 aromatic heterocycles. The molecular formula is C22H24N4O4S2. The van der Waals surface area contributed by atoms with Gasteiger partial charge in [0.05, 0.1) is 35.9 Å². The molecule has 4 rings (SSSR count). The van der Waals surface area contributed by atoms with Crippen LogP contribution in [0.2, 0.25) is 0 Å². The molecular weight excluding hydrogens is 448 g/mol. The van der Waals surface area contributed by atoms with Crippen molar-refractivity contribution in [1.29, 1.82) is 0 Å². The summed E-state index contributed by atoms with van der Waals surface area (Å²) in [5, 5.41) is 13.1. The summed E-state index contributed by atoms with van der Waals surface area (Å²) >= 11 is 2.76. The van der Waals surface area contributed by atoms with Crippen LogP contribution in [-0.4, -0.2) is 65.4 Å². The Hall–Kier alpha value is -2.53. The minimum absolute atomic E-state index is 0.00786. The topological polar surface area (TPSA) is 105 Å². The smallest absolute Gasteiger partial charge is 0.246 e. The normalized spacial score (nSPS) is 14.0. The number of aliphatic hydroxyl groups is 1. The Morgan fingerprint density at radius 1 is 1.22 bits per heavy atom. The van der Waals surface area contributed by atoms with E-state index in [-0.39, 0.29) is 11.5 Å². The lowest BCUT2D eigenvalue weighted by Gasteiger charge is -2.29. The standard InChI is InChI=1S/C22H24N4O4S2/c1-14-24-18-4-2-15(26-6-8-30-9-7-26)10-17(18)22(25-14)31-13-19(28)20-5-3-16(32-20)11-23-21(29)12-27/h2-5,10,27H,6-9,11-13H2,1H3,(H,23,29). The van der Waals surface area contributed by atoms with Gasteiger partial charge in [-0.1, -0.05) is 11.8 Å². The number of nitrogens with one attached hydrogen (secondary N) is 1. The number of rotatable bonds is 8. The van der Waals surface area contributed by atoms with E-state index in [1.165, 1.54) is 23.1 Å². The van der Waals surface area contributed by atoms with Crippen molar-refractivity contribution >= 4 is 51.4 Å². The highest BCUT2D eigenvalue weighted by molar-refractivity contribution is 8.00. The molecule has 1 aromatic carbocycles. The molecule has 1 saturated heterocycles. The van der Waals surface area contributed by atoms with Crippen molar-refractivity contribution in [2.45, 2.75) is 18.5 Å². The third-order valence-electron chi connectivity index (χ3n) is 5.01. The number of morpholine rings is 1. The number of ketones is 1. The number of carbonyl (C=O) groups excluding carboxylic acids is 2. The fourth-order valence-corrected chi connectivity index (χ4v) is 5.31. The molecule has 0 aliphatic carbocycles. The van der Waals surface area contributed by atoms with Gasteiger partial charge in [0.15, 0.2) is 5.78 Å². The lowest BCUT2D eigenvalue weighted by molar-refractivity contribution is -0.123. The van der Waals surface area contributed by atoms with E-state index in [9.17, 15) is 9.59 Å². The Labute approximate surface area is 194 Å². The SMILES string of the molecule is Cc1nc(SCC(=O)c2ccc(CNC(=O)CO)s2)c2cc(N3CCOCC3)ccc2n1. The van der Waals surface area contributed by atoms with Crippen LogP contribution in [0, 0.1) is 6.92 Å². The first kappa shape index (κ1) is 22.7. The zero-order valence-corrected chi connectivity index (χ0v) is 19.3. The van der Waals surface area contributed by atoms with E-state index in [4.69, 9.17) is 9.84 Å². The Balaban J connectivity index is 1.48. The lowest BCUT2D eigenvalue weighted by atomic mass is 10.2. The number of aliphatic hydroxyl groups excluding tert-OH is 1. The van der Waals surface area contributed by atoms with E-state index >= 15 is 0 Å². The zero-order chi connectivity index (χ0) is 22.5. The molecule has 1 aliphatic heterocycles. The van der Waals surface area contributed by atoms with Crippen molar-refractivity contribution in [1.82, 2.24) is 15.3 Å². The molecule has 0 bridgehead atoms. The first-order valence-corrected chi connectivity index (χ1v) is 12.1. The molecule has 0 unspecified atom stereocenters. The Bertz CT molecular complexity index is 1130. The number of carbonyl (C=O) groups is 2. The van der Waals surface area contributed by atoms with E-state index in [2.05, 4.69) is 32.3 Å². The summed E-state index contributed by atoms with van der Waals surface area (Å²) in [5.74, 6) is 0.499. The quantitative estimate of drug-likeness (QED) is 0.293. The molecule has 0 saturated carbocycles. The number of nitrogens with zero attached hydrogens (tertiary/aromatic N) is 3. The number of ether oxygens (including phenoxy) is 1. The van der Waals surface area contributed by atoms with Gasteiger partial charge in [0.25, 0.3) is 0 Å². The van der Waals surface area contributed by atoms with Crippen molar-refractivity contribution < 1.29 is 19.4 Å². The largest absolute Gasteiger partial charge is 0.387 e. The molecule has 3 aromatic rings. The van der Waals surface area contributed by atoms with Crippen molar-refractivity contribution in [3.05, 3.63) is 45.9 Å². The Morgan fingerprint density at radius 2 is 2.03 bits per heavy atom. The number of benzene rings is 1. The van der Waals surface area contributed by atoms with E-state index in [1.807, 2.05) is 19.1 Å². The lowest BCUT2D eigenvalue weighted by Crippen LogP contribution is -2.36. The molecule has 0 radical (unpaired) electrons. The minimum Gasteiger partial charge on any atom is -0.387 e. The fourth-order valence-electron chi connectivity index (χ4n) is 3.40. The van der Waals surface area contributed by atoms with E-state index in [0.717, 1.165) is 39.6 Å². The van der Waals surface area contributed by atoms with Crippen LogP contribution in [0.15, 0.2) is 35.4 Å². The van der Waals surface area contributed by atoms with Gasteiger partial charge in [0.2, 0.25) is 5.91 Å². The third-order valence-corrected chi connectivity index (χ3v) is 7.13. The van der Waals surface area contributed by atoms with Gasteiger partial charge < -0.3 is 20.1 Å². The van der Waals surface area contributed by atoms with Gasteiger partial charge in [-0.15, -0.1) is 11.3 Å². The second kappa shape index (κ2) is 10.4. The molecule has 3 heterocycles. The maximum Gasteiger partial charge on any atom is 0.246 e. The van der Waals surface area contributed by atoms with Gasteiger partial charge in [-0.2, -0.15) is 0 Å². The summed E-state index contributed by atoms with van der Waals surface area (Å²) in [4.78, 5) is 36.9. The number of amides is 1. The van der Waals surface area contributed by atoms with Gasteiger partial charge in [0, 0.05) is 29.0 Å². The molecule has 8 nitrogen and oxygen atoms in total. The van der Waals surface area contributed by atoms with Crippen LogP contribution >= 0.6 is 23.1 Å². The maximum atomic E-state index is 12.8. The zero-order valence-electron chi connectivity index (χ0n) is 17.7. The van der Waals surface area contributed by atoms with Crippen molar-refractivity contribution in [3.8, 4) is 0 Å². The molecule has 1 amide bonds. The molecule has 32 heavy (non-hydrogen) atoms. The average Bonchev–Trinajstić information content (AvgIpc) is 3.30. The van der Waals surface area contributed by atoms with E-state index in [0.29, 0.717) is 30.5 Å². The Kier molecular flexibility index (Phi) is 7.36. The highest BCUT2D eigenvalue weighted by atomic mass is 32.2. The fraction of sp³-hybridized carbons (Fsp3) is 0.364. The van der Waals surface area contributed by atoms with Crippen LogP contribution < -0.4 is 10.2 Å². The van der Waals surface area contributed by atoms with Gasteiger partial charge in [-0.25, -0.2) is 9.97 Å². The minimum atomic E-state index is -0.548. The van der Waals surface area contributed by atoms with Crippen molar-refractivity contribution in [2.75, 3.05) is 43.6 Å². The van der Waals surface area contributed by atoms with Gasteiger partial charge in [-0.3, -0.25) is 9.59 Å². The van der Waals surface area contributed by atoms with Crippen LogP contribution in [0.5, 0.6) is 0 Å². The molecule has 0 atom stereocenters. The molecule has 0 spiro atoms. The number of thiophene rings is 1. The summed E-state index contributed by atoms with van der Waals surface area (Å²) in [6.07, 6.45) is 0. The van der Waals surface area contributed by atoms with Crippen LogP contribution in [0.4, 0.5) is 5.69 Å². The molecule has 168 valence electrons. The van der Waals surface area contributed by atoms with Crippen molar-refractivity contribution in [3.63, 3.8) is 0 Å². The highest BCUT2D eigenvalue weighted by Gasteiger charge is 2.16. The van der Waals surface area contributed by atoms with Crippen molar-refractivity contribution in [2.24, 2.45) is 0 Å². The number of thioether (sulfide) groups is 1. The van der Waals surface area contributed by atoms with Crippen LogP contribution in [0.25, 0.3) is 10.9 Å². The molecule has 1 fully saturated rings. The van der Waals surface area contributed by atoms with Gasteiger partial charge >= 0.3 is 0 Å². The number of fused-ring (bicyclic) bond motifs is 1. The van der Waals surface area contributed by atoms with E-state index < -0.39 is 12.5 Å². The van der Waals surface area contributed by atoms with E-state index in [1.54, 1.807) is 6.07 Å². The summed E-state index contributed by atoms with van der Waals surface area (Å²) in [6, 6.07) is 9.77. The first-order valence-electron chi connectivity index (χ1n) is 10.3. The number of aromatic nitrogens is 2. The first-order chi connectivity index (χ1) is 15.5. The number of Topliss-reactive ketones (excluding diaryl/α,β-unsaturated/α-hetero) is 1. The molecule has 1 aliphatic rings. The monoisotopic (exact) mass is 472 g/mol. The summed E-state index contributed by atoms with van der Waals surface area (Å²) in [5.41, 5.74) is 1.97. The van der Waals surface area contributed by atoms with Gasteiger partial charge in [-0.05, 0) is 37.3 Å².